The Balaban J connectivity index is 1.72. The highest BCUT2D eigenvalue weighted by atomic mass is 32.2. The lowest BCUT2D eigenvalue weighted by Gasteiger charge is -2.56. The maximum absolute atomic E-state index is 11.5. The van der Waals surface area contributed by atoms with E-state index in [-0.39, 0.29) is 12.5 Å². The lowest BCUT2D eigenvalue weighted by atomic mass is 9.48. The average Bonchev–Trinajstić information content (AvgIpc) is 2.35. The fourth-order valence-corrected chi connectivity index (χ4v) is 3.76. The monoisotopic (exact) mass is 300 g/mol. The molecule has 1 amide bonds. The maximum Gasteiger partial charge on any atom is 0.235 e. The van der Waals surface area contributed by atoms with Gasteiger partial charge in [0.15, 0.2) is 0 Å². The molecule has 0 heterocycles. The van der Waals surface area contributed by atoms with Gasteiger partial charge in [0.2, 0.25) is 15.9 Å². The fourth-order valence-electron chi connectivity index (χ4n) is 3.36. The van der Waals surface area contributed by atoms with Gasteiger partial charge in [-0.2, -0.15) is 0 Å². The first-order valence-corrected chi connectivity index (χ1v) is 8.99. The van der Waals surface area contributed by atoms with Crippen LogP contribution in [-0.2, 0) is 14.8 Å². The molecule has 1 saturated carbocycles. The van der Waals surface area contributed by atoms with Gasteiger partial charge >= 0.3 is 0 Å². The number of rotatable bonds is 6. The van der Waals surface area contributed by atoms with Crippen LogP contribution in [-0.4, -0.2) is 33.7 Å². The van der Waals surface area contributed by atoms with E-state index in [1.807, 2.05) is 0 Å². The summed E-state index contributed by atoms with van der Waals surface area (Å²) in [4.78, 5) is 11.5. The quantitative estimate of drug-likeness (QED) is 0.720. The Morgan fingerprint density at radius 1 is 1.45 bits per heavy atom. The summed E-state index contributed by atoms with van der Waals surface area (Å²) >= 11 is 0. The second-order valence-corrected chi connectivity index (χ2v) is 8.35. The summed E-state index contributed by atoms with van der Waals surface area (Å²) in [6, 6.07) is 0. The SMILES string of the molecule is CC1(C)[C@H]2CC=C(CCNC(=O)CNS(C)(=O)=O)[C@@H]1C2. The van der Waals surface area contributed by atoms with Gasteiger partial charge < -0.3 is 5.32 Å². The van der Waals surface area contributed by atoms with E-state index in [9.17, 15) is 13.2 Å². The molecule has 0 radical (unpaired) electrons. The number of nitrogens with one attached hydrogen (secondary N) is 2. The molecule has 0 spiro atoms. The number of sulfonamides is 1. The van der Waals surface area contributed by atoms with Gasteiger partial charge in [0.25, 0.3) is 0 Å². The van der Waals surface area contributed by atoms with Gasteiger partial charge in [-0.25, -0.2) is 13.1 Å². The van der Waals surface area contributed by atoms with Crippen molar-refractivity contribution in [1.82, 2.24) is 10.0 Å². The Morgan fingerprint density at radius 3 is 2.70 bits per heavy atom. The minimum Gasteiger partial charge on any atom is -0.355 e. The zero-order valence-electron chi connectivity index (χ0n) is 12.4. The van der Waals surface area contributed by atoms with Crippen molar-refractivity contribution in [3.05, 3.63) is 11.6 Å². The minimum absolute atomic E-state index is 0.186. The predicted molar refractivity (Wildman–Crippen MR) is 78.6 cm³/mol. The predicted octanol–water partition coefficient (Wildman–Crippen LogP) is 1.03. The standard InChI is InChI=1S/C14H24N2O3S/c1-14(2)11-5-4-10(12(14)8-11)6-7-15-13(17)9-16-20(3,18)19/h4,11-12,16H,5-9H2,1-3H3,(H,15,17)/t11-,12-/m0/s1. The molecule has 0 saturated heterocycles. The van der Waals surface area contributed by atoms with Crippen molar-refractivity contribution in [2.24, 2.45) is 17.3 Å². The number of hydrogen-bond acceptors (Lipinski definition) is 3. The first-order chi connectivity index (χ1) is 9.20. The molecule has 5 nitrogen and oxygen atoms in total. The van der Waals surface area contributed by atoms with Crippen LogP contribution in [0.25, 0.3) is 0 Å². The summed E-state index contributed by atoms with van der Waals surface area (Å²) in [6.07, 6.45) is 6.67. The van der Waals surface area contributed by atoms with Crippen LogP contribution in [0.15, 0.2) is 11.6 Å². The maximum atomic E-state index is 11.5. The van der Waals surface area contributed by atoms with Crippen LogP contribution in [0.5, 0.6) is 0 Å². The lowest BCUT2D eigenvalue weighted by molar-refractivity contribution is -0.119. The van der Waals surface area contributed by atoms with Crippen LogP contribution in [0.4, 0.5) is 0 Å². The van der Waals surface area contributed by atoms with Gasteiger partial charge in [0, 0.05) is 6.54 Å². The lowest BCUT2D eigenvalue weighted by Crippen LogP contribution is -2.48. The molecular weight excluding hydrogens is 276 g/mol. The normalized spacial score (nSPS) is 27.4. The summed E-state index contributed by atoms with van der Waals surface area (Å²) in [6.45, 7) is 5.04. The third-order valence-electron chi connectivity index (χ3n) is 4.81. The molecular formula is C14H24N2O3S. The third-order valence-corrected chi connectivity index (χ3v) is 5.48. The Kier molecular flexibility index (Phi) is 4.25. The van der Waals surface area contributed by atoms with E-state index in [2.05, 4.69) is 30.0 Å². The smallest absolute Gasteiger partial charge is 0.235 e. The molecule has 2 atom stereocenters. The zero-order valence-corrected chi connectivity index (χ0v) is 13.2. The highest BCUT2D eigenvalue weighted by Gasteiger charge is 2.50. The first kappa shape index (κ1) is 15.5. The second kappa shape index (κ2) is 5.48. The van der Waals surface area contributed by atoms with Crippen LogP contribution in [0.2, 0.25) is 0 Å². The van der Waals surface area contributed by atoms with Crippen molar-refractivity contribution in [1.29, 1.82) is 0 Å². The molecule has 0 aromatic rings. The fraction of sp³-hybridized carbons (Fsp3) is 0.786. The number of carbonyl (C=O) groups is 1. The van der Waals surface area contributed by atoms with Gasteiger partial charge in [-0.1, -0.05) is 25.5 Å². The van der Waals surface area contributed by atoms with E-state index in [1.165, 1.54) is 12.0 Å². The second-order valence-electron chi connectivity index (χ2n) is 6.51. The van der Waals surface area contributed by atoms with Gasteiger partial charge in [0.05, 0.1) is 12.8 Å². The topological polar surface area (TPSA) is 75.3 Å². The number of fused-ring (bicyclic) bond motifs is 1. The number of amides is 1. The number of allylic oxidation sites excluding steroid dienone is 1. The molecule has 0 aliphatic heterocycles. The largest absolute Gasteiger partial charge is 0.355 e. The van der Waals surface area contributed by atoms with Crippen molar-refractivity contribution < 1.29 is 13.2 Å². The Morgan fingerprint density at radius 2 is 2.15 bits per heavy atom. The van der Waals surface area contributed by atoms with Crippen LogP contribution < -0.4 is 10.0 Å². The van der Waals surface area contributed by atoms with Crippen LogP contribution >= 0.6 is 0 Å². The number of carbonyl (C=O) groups excluding carboxylic acids is 1. The van der Waals surface area contributed by atoms with E-state index in [4.69, 9.17) is 0 Å². The van der Waals surface area contributed by atoms with E-state index in [0.29, 0.717) is 17.9 Å². The Labute approximate surface area is 121 Å². The van der Waals surface area contributed by atoms with Gasteiger partial charge in [-0.3, -0.25) is 4.79 Å². The molecule has 3 aliphatic rings. The molecule has 114 valence electrons. The highest BCUT2D eigenvalue weighted by Crippen LogP contribution is 2.59. The summed E-state index contributed by atoms with van der Waals surface area (Å²) < 4.78 is 23.9. The molecule has 20 heavy (non-hydrogen) atoms. The van der Waals surface area contributed by atoms with Crippen molar-refractivity contribution in [2.45, 2.75) is 33.1 Å². The van der Waals surface area contributed by atoms with Crippen LogP contribution in [0.3, 0.4) is 0 Å². The molecule has 6 heteroatoms. The van der Waals surface area contributed by atoms with Crippen LogP contribution in [0, 0.1) is 17.3 Å². The van der Waals surface area contributed by atoms with Gasteiger partial charge in [-0.05, 0) is 36.5 Å². The van der Waals surface area contributed by atoms with E-state index in [0.717, 1.165) is 25.0 Å². The molecule has 0 aromatic carbocycles. The van der Waals surface area contributed by atoms with Crippen LogP contribution in [0.1, 0.15) is 33.1 Å². The van der Waals surface area contributed by atoms with Gasteiger partial charge in [-0.15, -0.1) is 0 Å². The average molecular weight is 300 g/mol. The zero-order chi connectivity index (χ0) is 15.0. The third kappa shape index (κ3) is 3.41. The summed E-state index contributed by atoms with van der Waals surface area (Å²) in [5.41, 5.74) is 1.86. The van der Waals surface area contributed by atoms with Crippen molar-refractivity contribution >= 4 is 15.9 Å². The first-order valence-electron chi connectivity index (χ1n) is 7.10. The molecule has 1 fully saturated rings. The molecule has 2 bridgehead atoms. The van der Waals surface area contributed by atoms with Crippen molar-refractivity contribution in [2.75, 3.05) is 19.3 Å². The summed E-state index contributed by atoms with van der Waals surface area (Å²) in [5, 5.41) is 2.76. The summed E-state index contributed by atoms with van der Waals surface area (Å²) in [5.74, 6) is 1.20. The van der Waals surface area contributed by atoms with E-state index >= 15 is 0 Å². The van der Waals surface area contributed by atoms with Crippen molar-refractivity contribution in [3.8, 4) is 0 Å². The molecule has 0 unspecified atom stereocenters. The minimum atomic E-state index is -3.30. The Bertz CT molecular complexity index is 523. The number of hydrogen-bond donors (Lipinski definition) is 2. The molecule has 2 N–H and O–H groups in total. The highest BCUT2D eigenvalue weighted by molar-refractivity contribution is 7.88. The summed E-state index contributed by atoms with van der Waals surface area (Å²) in [7, 11) is -3.30. The molecule has 0 aromatic heterocycles. The van der Waals surface area contributed by atoms with Crippen molar-refractivity contribution in [3.63, 3.8) is 0 Å². The van der Waals surface area contributed by atoms with Gasteiger partial charge in [0.1, 0.15) is 0 Å². The Hall–Kier alpha value is -0.880. The molecule has 3 aliphatic carbocycles. The van der Waals surface area contributed by atoms with E-state index in [1.54, 1.807) is 0 Å². The van der Waals surface area contributed by atoms with E-state index < -0.39 is 10.0 Å². The molecule has 3 rings (SSSR count).